The van der Waals surface area contributed by atoms with Crippen LogP contribution in [0, 0.1) is 0 Å². The molecule has 0 bridgehead atoms. The Kier molecular flexibility index (Phi) is 5.87. The van der Waals surface area contributed by atoms with E-state index in [9.17, 15) is 10.0 Å². The van der Waals surface area contributed by atoms with Gasteiger partial charge in [-0.1, -0.05) is 17.3 Å². The van der Waals surface area contributed by atoms with Crippen molar-refractivity contribution in [2.75, 3.05) is 44.7 Å². The van der Waals surface area contributed by atoms with Gasteiger partial charge in [0, 0.05) is 32.4 Å². The van der Waals surface area contributed by atoms with Crippen LogP contribution in [0.15, 0.2) is 47.8 Å². The number of hydrogen-bond donors (Lipinski definition) is 2. The number of ether oxygens (including phenoxy) is 1. The molecule has 0 spiro atoms. The average Bonchev–Trinajstić information content (AvgIpc) is 2.70. The minimum absolute atomic E-state index is 0.0304. The molecule has 0 atom stereocenters. The third-order valence-corrected chi connectivity index (χ3v) is 4.50. The van der Waals surface area contributed by atoms with Gasteiger partial charge < -0.3 is 24.9 Å². The number of pyridine rings is 1. The number of aromatic carboxylic acids is 1. The number of oxime groups is 1. The molecule has 0 aliphatic carbocycles. The highest BCUT2D eigenvalue weighted by Gasteiger charge is 2.18. The van der Waals surface area contributed by atoms with Crippen LogP contribution in [-0.2, 0) is 0 Å². The van der Waals surface area contributed by atoms with E-state index in [4.69, 9.17) is 9.84 Å². The third kappa shape index (κ3) is 4.53. The summed E-state index contributed by atoms with van der Waals surface area (Å²) in [6.45, 7) is 3.73. The first-order valence-corrected chi connectivity index (χ1v) is 8.64. The first-order chi connectivity index (χ1) is 13.1. The molecular formula is C19H22N4O4. The first-order valence-electron chi connectivity index (χ1n) is 8.64. The minimum Gasteiger partial charge on any atom is -0.485 e. The zero-order valence-corrected chi connectivity index (χ0v) is 15.1. The highest BCUT2D eigenvalue weighted by atomic mass is 16.5. The maximum absolute atomic E-state index is 11.1. The zero-order chi connectivity index (χ0) is 19.2. The summed E-state index contributed by atoms with van der Waals surface area (Å²) in [5.41, 5.74) is 1.47. The van der Waals surface area contributed by atoms with Gasteiger partial charge in [-0.15, -0.1) is 0 Å². The molecule has 8 nitrogen and oxygen atoms in total. The maximum Gasteiger partial charge on any atom is 0.335 e. The fourth-order valence-electron chi connectivity index (χ4n) is 2.91. The summed E-state index contributed by atoms with van der Waals surface area (Å²) in [6.07, 6.45) is 1.36. The van der Waals surface area contributed by atoms with Crippen molar-refractivity contribution in [1.29, 1.82) is 0 Å². The summed E-state index contributed by atoms with van der Waals surface area (Å²) in [7, 11) is 2.10. The van der Waals surface area contributed by atoms with Crippen molar-refractivity contribution >= 4 is 17.4 Å². The van der Waals surface area contributed by atoms with Gasteiger partial charge in [-0.25, -0.2) is 4.79 Å². The minimum atomic E-state index is -1.07. The summed E-state index contributed by atoms with van der Waals surface area (Å²) in [4.78, 5) is 19.7. The van der Waals surface area contributed by atoms with Gasteiger partial charge in [0.15, 0.2) is 0 Å². The van der Waals surface area contributed by atoms with Crippen LogP contribution in [0.3, 0.4) is 0 Å². The molecule has 0 amide bonds. The van der Waals surface area contributed by atoms with Gasteiger partial charge in [-0.2, -0.15) is 0 Å². The largest absolute Gasteiger partial charge is 0.485 e. The first kappa shape index (κ1) is 18.7. The van der Waals surface area contributed by atoms with Gasteiger partial charge in [0.05, 0.1) is 16.9 Å². The molecule has 2 heterocycles. The van der Waals surface area contributed by atoms with E-state index in [1.807, 2.05) is 24.3 Å². The molecule has 3 rings (SSSR count). The molecule has 0 radical (unpaired) electrons. The number of anilines is 1. The number of para-hydroxylation sites is 2. The predicted octanol–water partition coefficient (Wildman–Crippen LogP) is 1.79. The summed E-state index contributed by atoms with van der Waals surface area (Å²) in [6, 6.07) is 10.4. The monoisotopic (exact) mass is 370 g/mol. The number of piperazine rings is 1. The van der Waals surface area contributed by atoms with Crippen LogP contribution in [-0.4, -0.2) is 71.7 Å². The number of rotatable bonds is 6. The van der Waals surface area contributed by atoms with Gasteiger partial charge >= 0.3 is 5.97 Å². The molecule has 8 heteroatoms. The molecule has 1 saturated heterocycles. The summed E-state index contributed by atoms with van der Waals surface area (Å²) in [5, 5.41) is 21.7. The Bertz CT molecular complexity index is 832. The second kappa shape index (κ2) is 8.50. The summed E-state index contributed by atoms with van der Waals surface area (Å²) in [5.74, 6) is -0.394. The van der Waals surface area contributed by atoms with Gasteiger partial charge in [0.2, 0.25) is 0 Å². The molecule has 2 N–H and O–H groups in total. The van der Waals surface area contributed by atoms with E-state index in [1.165, 1.54) is 18.3 Å². The Morgan fingerprint density at radius 2 is 1.96 bits per heavy atom. The van der Waals surface area contributed by atoms with E-state index < -0.39 is 5.97 Å². The lowest BCUT2D eigenvalue weighted by Gasteiger charge is -2.34. The summed E-state index contributed by atoms with van der Waals surface area (Å²) < 4.78 is 5.89. The van der Waals surface area contributed by atoms with E-state index in [2.05, 4.69) is 27.0 Å². The number of nitrogens with zero attached hydrogens (tertiary/aromatic N) is 4. The SMILES string of the molecule is CN1CCN(c2ccccc2OC/C(=N\O)c2cc(C(=O)O)ccn2)CC1. The van der Waals surface area contributed by atoms with Crippen molar-refractivity contribution < 1.29 is 19.8 Å². The Morgan fingerprint density at radius 3 is 2.67 bits per heavy atom. The van der Waals surface area contributed by atoms with Crippen molar-refractivity contribution in [2.45, 2.75) is 0 Å². The quantitative estimate of drug-likeness (QED) is 0.454. The number of benzene rings is 1. The molecule has 0 unspecified atom stereocenters. The number of carbonyl (C=O) groups is 1. The van der Waals surface area contributed by atoms with Gasteiger partial charge in [0.25, 0.3) is 0 Å². The average molecular weight is 370 g/mol. The highest BCUT2D eigenvalue weighted by molar-refractivity contribution is 6.01. The zero-order valence-electron chi connectivity index (χ0n) is 15.1. The van der Waals surface area contributed by atoms with Gasteiger partial charge in [-0.3, -0.25) is 4.98 Å². The van der Waals surface area contributed by atoms with Crippen LogP contribution in [0.25, 0.3) is 0 Å². The molecule has 1 aliphatic heterocycles. The van der Waals surface area contributed by atoms with Gasteiger partial charge in [-0.05, 0) is 31.3 Å². The van der Waals surface area contributed by atoms with E-state index in [-0.39, 0.29) is 23.6 Å². The molecule has 1 aromatic carbocycles. The van der Waals surface area contributed by atoms with Crippen LogP contribution < -0.4 is 9.64 Å². The van der Waals surface area contributed by atoms with Crippen molar-refractivity contribution in [3.8, 4) is 5.75 Å². The van der Waals surface area contributed by atoms with Crippen LogP contribution in [0.5, 0.6) is 5.75 Å². The van der Waals surface area contributed by atoms with Crippen molar-refractivity contribution in [2.24, 2.45) is 5.16 Å². The van der Waals surface area contributed by atoms with Crippen LogP contribution >= 0.6 is 0 Å². The fraction of sp³-hybridized carbons (Fsp3) is 0.316. The predicted molar refractivity (Wildman–Crippen MR) is 101 cm³/mol. The van der Waals surface area contributed by atoms with Gasteiger partial charge in [0.1, 0.15) is 18.1 Å². The van der Waals surface area contributed by atoms with E-state index >= 15 is 0 Å². The Morgan fingerprint density at radius 1 is 1.22 bits per heavy atom. The molecule has 2 aromatic rings. The number of hydrogen-bond acceptors (Lipinski definition) is 7. The van der Waals surface area contributed by atoms with Crippen LogP contribution in [0.2, 0.25) is 0 Å². The maximum atomic E-state index is 11.1. The highest BCUT2D eigenvalue weighted by Crippen LogP contribution is 2.28. The molecule has 0 saturated carbocycles. The number of aromatic nitrogens is 1. The number of carboxylic acid groups (broad SMARTS) is 1. The fourth-order valence-corrected chi connectivity index (χ4v) is 2.91. The molecule has 142 valence electrons. The molecule has 27 heavy (non-hydrogen) atoms. The standard InChI is InChI=1S/C19H22N4O4/c1-22-8-10-23(11-9-22)17-4-2-3-5-18(17)27-13-16(21-26)15-12-14(19(24)25)6-7-20-15/h2-7,12,26H,8-11,13H2,1H3,(H,24,25)/b21-16+. The second-order valence-corrected chi connectivity index (χ2v) is 6.33. The van der Waals surface area contributed by atoms with E-state index in [1.54, 1.807) is 0 Å². The second-order valence-electron chi connectivity index (χ2n) is 6.33. The summed E-state index contributed by atoms with van der Waals surface area (Å²) >= 11 is 0. The van der Waals surface area contributed by atoms with Crippen molar-refractivity contribution in [1.82, 2.24) is 9.88 Å². The van der Waals surface area contributed by atoms with Crippen LogP contribution in [0.1, 0.15) is 16.1 Å². The lowest BCUT2D eigenvalue weighted by molar-refractivity contribution is 0.0696. The van der Waals surface area contributed by atoms with Crippen LogP contribution in [0.4, 0.5) is 5.69 Å². The normalized spacial score (nSPS) is 15.6. The Labute approximate surface area is 157 Å². The van der Waals surface area contributed by atoms with E-state index in [0.717, 1.165) is 31.9 Å². The number of carboxylic acids is 1. The lowest BCUT2D eigenvalue weighted by Crippen LogP contribution is -2.44. The Balaban J connectivity index is 1.74. The topological polar surface area (TPSA) is 98.5 Å². The molecule has 1 fully saturated rings. The van der Waals surface area contributed by atoms with E-state index in [0.29, 0.717) is 5.75 Å². The Hall–Kier alpha value is -3.13. The van der Waals surface area contributed by atoms with Crippen molar-refractivity contribution in [3.05, 3.63) is 53.9 Å². The molecular weight excluding hydrogens is 348 g/mol. The smallest absolute Gasteiger partial charge is 0.335 e. The number of likely N-dealkylation sites (N-methyl/N-ethyl adjacent to an activating group) is 1. The molecule has 1 aromatic heterocycles. The molecule has 1 aliphatic rings. The van der Waals surface area contributed by atoms with Crippen molar-refractivity contribution in [3.63, 3.8) is 0 Å². The lowest BCUT2D eigenvalue weighted by atomic mass is 10.2. The third-order valence-electron chi connectivity index (χ3n) is 4.50.